The molecular formula is C30H46N8O3. The van der Waals surface area contributed by atoms with E-state index < -0.39 is 0 Å². The number of ether oxygens (including phenoxy) is 3. The van der Waals surface area contributed by atoms with Gasteiger partial charge in [-0.1, -0.05) is 12.1 Å². The zero-order chi connectivity index (χ0) is 28.3. The first-order valence-electron chi connectivity index (χ1n) is 14.9. The van der Waals surface area contributed by atoms with Gasteiger partial charge in [0.25, 0.3) is 0 Å². The Morgan fingerprint density at radius 3 is 1.90 bits per heavy atom. The van der Waals surface area contributed by atoms with Crippen LogP contribution in [-0.4, -0.2) is 127 Å². The minimum atomic E-state index is 0.636. The van der Waals surface area contributed by atoms with Crippen LogP contribution >= 0.6 is 0 Å². The Morgan fingerprint density at radius 2 is 1.24 bits per heavy atom. The Labute approximate surface area is 243 Å². The number of nitrogens with one attached hydrogen (secondary N) is 2. The fraction of sp³-hybridized carbons (Fsp3) is 0.600. The summed E-state index contributed by atoms with van der Waals surface area (Å²) in [6.07, 6.45) is 0. The first-order valence-corrected chi connectivity index (χ1v) is 14.9. The maximum absolute atomic E-state index is 6.42. The van der Waals surface area contributed by atoms with Crippen LogP contribution < -0.4 is 9.64 Å². The summed E-state index contributed by atoms with van der Waals surface area (Å²) in [7, 11) is 0. The number of H-pyrrole nitrogens is 2. The van der Waals surface area contributed by atoms with Gasteiger partial charge in [0.15, 0.2) is 0 Å². The Kier molecular flexibility index (Phi) is 11.0. The molecule has 1 unspecified atom stereocenters. The SMILES string of the molecule is Cc1cc(CN2CCOCCN(Cc3cc(C)[nH]n3)CCN3CCOCCN(CCOc4ccccc43)CC2)n[nH]1. The van der Waals surface area contributed by atoms with Crippen molar-refractivity contribution in [2.75, 3.05) is 96.8 Å². The minimum absolute atomic E-state index is 0.636. The third-order valence-electron chi connectivity index (χ3n) is 7.74. The van der Waals surface area contributed by atoms with Gasteiger partial charge in [-0.15, -0.1) is 0 Å². The van der Waals surface area contributed by atoms with Crippen LogP contribution in [0.5, 0.6) is 5.75 Å². The number of aromatic amines is 2. The van der Waals surface area contributed by atoms with Gasteiger partial charge in [0.1, 0.15) is 12.4 Å². The number of fused-ring (bicyclic) bond motifs is 16. The fourth-order valence-corrected chi connectivity index (χ4v) is 5.43. The van der Waals surface area contributed by atoms with Gasteiger partial charge >= 0.3 is 0 Å². The number of aromatic nitrogens is 4. The molecule has 0 amide bonds. The van der Waals surface area contributed by atoms with Gasteiger partial charge in [-0.25, -0.2) is 0 Å². The predicted molar refractivity (Wildman–Crippen MR) is 159 cm³/mol. The van der Waals surface area contributed by atoms with E-state index in [1.165, 1.54) is 0 Å². The molecule has 2 N–H and O–H groups in total. The molecule has 1 saturated heterocycles. The van der Waals surface area contributed by atoms with Gasteiger partial charge < -0.3 is 19.1 Å². The van der Waals surface area contributed by atoms with Crippen LogP contribution in [0.3, 0.4) is 0 Å². The van der Waals surface area contributed by atoms with Crippen molar-refractivity contribution >= 4 is 5.69 Å². The van der Waals surface area contributed by atoms with E-state index in [-0.39, 0.29) is 0 Å². The van der Waals surface area contributed by atoms with Gasteiger partial charge in [-0.05, 0) is 38.1 Å². The second-order valence-corrected chi connectivity index (χ2v) is 11.0. The Bertz CT molecular complexity index is 1180. The zero-order valence-electron chi connectivity index (χ0n) is 24.7. The fourth-order valence-electron chi connectivity index (χ4n) is 5.43. The number of benzene rings is 1. The van der Waals surface area contributed by atoms with Crippen LogP contribution in [0, 0.1) is 13.8 Å². The lowest BCUT2D eigenvalue weighted by molar-refractivity contribution is 0.0671. The van der Waals surface area contributed by atoms with Crippen molar-refractivity contribution in [3.05, 3.63) is 59.2 Å². The highest BCUT2D eigenvalue weighted by atomic mass is 16.5. The molecule has 2 bridgehead atoms. The molecule has 0 saturated carbocycles. The summed E-state index contributed by atoms with van der Waals surface area (Å²) in [4.78, 5) is 9.72. The molecule has 41 heavy (non-hydrogen) atoms. The second-order valence-electron chi connectivity index (χ2n) is 11.0. The molecule has 0 spiro atoms. The van der Waals surface area contributed by atoms with E-state index >= 15 is 0 Å². The molecule has 224 valence electrons. The molecule has 11 heteroatoms. The summed E-state index contributed by atoms with van der Waals surface area (Å²) in [5.41, 5.74) is 5.40. The highest BCUT2D eigenvalue weighted by molar-refractivity contribution is 5.58. The van der Waals surface area contributed by atoms with Crippen molar-refractivity contribution in [3.8, 4) is 5.75 Å². The molecule has 0 radical (unpaired) electrons. The maximum Gasteiger partial charge on any atom is 0.142 e. The molecule has 1 fully saturated rings. The summed E-state index contributed by atoms with van der Waals surface area (Å²) in [6.45, 7) is 16.8. The van der Waals surface area contributed by atoms with E-state index in [9.17, 15) is 0 Å². The van der Waals surface area contributed by atoms with Crippen LogP contribution in [0.4, 0.5) is 5.69 Å². The van der Waals surface area contributed by atoms with Crippen LogP contribution in [0.2, 0.25) is 0 Å². The van der Waals surface area contributed by atoms with Gasteiger partial charge in [-0.3, -0.25) is 24.9 Å². The van der Waals surface area contributed by atoms with Crippen molar-refractivity contribution in [3.63, 3.8) is 0 Å². The van der Waals surface area contributed by atoms with E-state index in [0.717, 1.165) is 106 Å². The van der Waals surface area contributed by atoms with Crippen LogP contribution in [-0.2, 0) is 22.6 Å². The van der Waals surface area contributed by atoms with Crippen molar-refractivity contribution in [1.82, 2.24) is 35.1 Å². The molecule has 1 aromatic carbocycles. The Morgan fingerprint density at radius 1 is 0.659 bits per heavy atom. The first kappa shape index (κ1) is 29.5. The molecule has 3 aliphatic rings. The van der Waals surface area contributed by atoms with Gasteiger partial charge in [0, 0.05) is 83.4 Å². The lowest BCUT2D eigenvalue weighted by atomic mass is 10.2. The van der Waals surface area contributed by atoms with E-state index in [0.29, 0.717) is 33.0 Å². The average Bonchev–Trinajstić information content (AvgIpc) is 3.57. The number of hydrogen-bond acceptors (Lipinski definition) is 9. The van der Waals surface area contributed by atoms with Crippen molar-refractivity contribution in [1.29, 1.82) is 0 Å². The molecule has 11 nitrogen and oxygen atoms in total. The first-order chi connectivity index (χ1) is 20.1. The molecule has 5 heterocycles. The van der Waals surface area contributed by atoms with Gasteiger partial charge in [-0.2, -0.15) is 10.2 Å². The standard InChI is InChI=1S/C30H46N8O3/c1-25-21-27(33-31-25)23-36-8-7-35-11-16-40-19-15-38(29-5-3-4-6-30(29)41-20-14-35)10-9-37(13-18-39-17-12-36)24-28-22-26(2)32-34-28/h3-6,21-22H,7-20,23-24H2,1-2H3,(H,31,33)(H,32,34). The largest absolute Gasteiger partial charge is 0.490 e. The third-order valence-corrected chi connectivity index (χ3v) is 7.74. The van der Waals surface area contributed by atoms with Crippen molar-refractivity contribution in [2.45, 2.75) is 26.9 Å². The summed E-state index contributed by atoms with van der Waals surface area (Å²) >= 11 is 0. The minimum Gasteiger partial charge on any atom is -0.490 e. The number of rotatable bonds is 4. The number of aryl methyl sites for hydroxylation is 2. The molecule has 0 aliphatic carbocycles. The quantitative estimate of drug-likeness (QED) is 0.461. The van der Waals surface area contributed by atoms with Gasteiger partial charge in [0.05, 0.1) is 43.5 Å². The zero-order valence-corrected chi connectivity index (χ0v) is 24.7. The molecule has 2 aromatic heterocycles. The lowest BCUT2D eigenvalue weighted by Gasteiger charge is -2.32. The summed E-state index contributed by atoms with van der Waals surface area (Å²) in [5.74, 6) is 0.933. The maximum atomic E-state index is 6.42. The highest BCUT2D eigenvalue weighted by Gasteiger charge is 2.18. The smallest absolute Gasteiger partial charge is 0.142 e. The second kappa shape index (κ2) is 15.3. The monoisotopic (exact) mass is 566 g/mol. The van der Waals surface area contributed by atoms with Crippen molar-refractivity contribution in [2.24, 2.45) is 0 Å². The molecule has 1 atom stereocenters. The average molecular weight is 567 g/mol. The summed E-state index contributed by atoms with van der Waals surface area (Å²) in [5, 5.41) is 15.2. The number of para-hydroxylation sites is 2. The van der Waals surface area contributed by atoms with Crippen LogP contribution in [0.15, 0.2) is 36.4 Å². The normalized spacial score (nSPS) is 21.2. The topological polar surface area (TPSA) is 98.0 Å². The molecular weight excluding hydrogens is 520 g/mol. The van der Waals surface area contributed by atoms with Crippen LogP contribution in [0.1, 0.15) is 22.8 Å². The Hall–Kier alpha value is -2.96. The van der Waals surface area contributed by atoms with E-state index in [1.807, 2.05) is 13.8 Å². The summed E-state index contributed by atoms with van der Waals surface area (Å²) < 4.78 is 18.8. The lowest BCUT2D eigenvalue weighted by Crippen LogP contribution is -2.42. The molecule has 3 aliphatic heterocycles. The van der Waals surface area contributed by atoms with Crippen LogP contribution in [0.25, 0.3) is 0 Å². The Balaban J connectivity index is 1.35. The number of anilines is 1. The number of nitrogens with zero attached hydrogens (tertiary/aromatic N) is 6. The number of hydrogen-bond donors (Lipinski definition) is 2. The molecule has 6 rings (SSSR count). The van der Waals surface area contributed by atoms with E-state index in [4.69, 9.17) is 14.2 Å². The van der Waals surface area contributed by atoms with Gasteiger partial charge in [0.2, 0.25) is 0 Å². The predicted octanol–water partition coefficient (Wildman–Crippen LogP) is 2.30. The van der Waals surface area contributed by atoms with Crippen molar-refractivity contribution < 1.29 is 14.2 Å². The summed E-state index contributed by atoms with van der Waals surface area (Å²) in [6, 6.07) is 12.6. The third kappa shape index (κ3) is 9.27. The molecule has 3 aromatic rings. The van der Waals surface area contributed by atoms with E-state index in [1.54, 1.807) is 0 Å². The van der Waals surface area contributed by atoms with E-state index in [2.05, 4.69) is 76.4 Å². The highest BCUT2D eigenvalue weighted by Crippen LogP contribution is 2.28.